The van der Waals surface area contributed by atoms with E-state index in [1.165, 1.54) is 0 Å². The van der Waals surface area contributed by atoms with Crippen molar-refractivity contribution in [2.45, 2.75) is 45.4 Å². The Bertz CT molecular complexity index is 880. The van der Waals surface area contributed by atoms with Crippen LogP contribution < -0.4 is 4.74 Å². The molecule has 5 nitrogen and oxygen atoms in total. The highest BCUT2D eigenvalue weighted by atomic mass is 16.5. The standard InChI is InChI=1S/C21H26N2O3/c1-21(2,3)16-8-4-7-11-19(16)26-14-15(25)12-23-18-10-6-5-9-17(18)22-20(23)13-24/h4-11,15,24-25H,12-14H2,1-3H3. The van der Waals surface area contributed by atoms with Gasteiger partial charge in [0.25, 0.3) is 0 Å². The first-order valence-corrected chi connectivity index (χ1v) is 8.85. The van der Waals surface area contributed by atoms with Crippen molar-refractivity contribution in [3.63, 3.8) is 0 Å². The van der Waals surface area contributed by atoms with Gasteiger partial charge in [0, 0.05) is 0 Å². The first-order valence-electron chi connectivity index (χ1n) is 8.85. The van der Waals surface area contributed by atoms with Gasteiger partial charge in [-0.25, -0.2) is 4.98 Å². The number of aromatic nitrogens is 2. The van der Waals surface area contributed by atoms with Gasteiger partial charge in [0.05, 0.1) is 17.6 Å². The molecule has 26 heavy (non-hydrogen) atoms. The molecule has 0 aliphatic carbocycles. The summed E-state index contributed by atoms with van der Waals surface area (Å²) in [6, 6.07) is 15.6. The minimum absolute atomic E-state index is 0.0356. The summed E-state index contributed by atoms with van der Waals surface area (Å²) in [6.07, 6.45) is -0.717. The summed E-state index contributed by atoms with van der Waals surface area (Å²) in [7, 11) is 0. The summed E-state index contributed by atoms with van der Waals surface area (Å²) in [6.45, 7) is 6.72. The van der Waals surface area contributed by atoms with Gasteiger partial charge in [-0.15, -0.1) is 0 Å². The quantitative estimate of drug-likeness (QED) is 0.713. The number of aliphatic hydroxyl groups is 2. The van der Waals surface area contributed by atoms with Crippen molar-refractivity contribution in [2.24, 2.45) is 0 Å². The second-order valence-corrected chi connectivity index (χ2v) is 7.50. The van der Waals surface area contributed by atoms with Crippen LogP contribution in [0.2, 0.25) is 0 Å². The Morgan fingerprint density at radius 1 is 1.08 bits per heavy atom. The lowest BCUT2D eigenvalue weighted by Gasteiger charge is -2.23. The molecule has 0 aliphatic heterocycles. The molecule has 1 aromatic heterocycles. The summed E-state index contributed by atoms with van der Waals surface area (Å²) < 4.78 is 7.76. The van der Waals surface area contributed by atoms with Crippen molar-refractivity contribution in [2.75, 3.05) is 6.61 Å². The van der Waals surface area contributed by atoms with Crippen molar-refractivity contribution in [1.82, 2.24) is 9.55 Å². The molecule has 138 valence electrons. The smallest absolute Gasteiger partial charge is 0.135 e. The van der Waals surface area contributed by atoms with Crippen LogP contribution in [0.5, 0.6) is 5.75 Å². The molecule has 0 radical (unpaired) electrons. The average Bonchev–Trinajstić information content (AvgIpc) is 2.97. The van der Waals surface area contributed by atoms with E-state index in [1.54, 1.807) is 0 Å². The van der Waals surface area contributed by atoms with E-state index in [1.807, 2.05) is 47.0 Å². The maximum absolute atomic E-state index is 10.5. The lowest BCUT2D eigenvalue weighted by molar-refractivity contribution is 0.0905. The van der Waals surface area contributed by atoms with Gasteiger partial charge < -0.3 is 19.5 Å². The summed E-state index contributed by atoms with van der Waals surface area (Å²) in [5, 5.41) is 20.1. The van der Waals surface area contributed by atoms with Crippen LogP contribution in [0.25, 0.3) is 11.0 Å². The van der Waals surface area contributed by atoms with Crippen molar-refractivity contribution in [3.8, 4) is 5.75 Å². The zero-order chi connectivity index (χ0) is 18.7. The van der Waals surface area contributed by atoms with Gasteiger partial charge in [-0.1, -0.05) is 51.1 Å². The van der Waals surface area contributed by atoms with Gasteiger partial charge >= 0.3 is 0 Å². The third-order valence-corrected chi connectivity index (χ3v) is 4.39. The monoisotopic (exact) mass is 354 g/mol. The molecule has 3 aromatic rings. The highest BCUT2D eigenvalue weighted by molar-refractivity contribution is 5.75. The van der Waals surface area contributed by atoms with Gasteiger partial charge in [-0.05, 0) is 29.2 Å². The van der Waals surface area contributed by atoms with E-state index < -0.39 is 6.10 Å². The van der Waals surface area contributed by atoms with E-state index >= 15 is 0 Å². The number of hydrogen-bond acceptors (Lipinski definition) is 4. The second-order valence-electron chi connectivity index (χ2n) is 7.50. The number of hydrogen-bond donors (Lipinski definition) is 2. The molecule has 1 unspecified atom stereocenters. The zero-order valence-electron chi connectivity index (χ0n) is 15.5. The number of imidazole rings is 1. The number of para-hydroxylation sites is 3. The van der Waals surface area contributed by atoms with Gasteiger partial charge in [0.1, 0.15) is 30.9 Å². The van der Waals surface area contributed by atoms with E-state index in [4.69, 9.17) is 4.74 Å². The molecule has 1 atom stereocenters. The molecule has 0 bridgehead atoms. The fourth-order valence-corrected chi connectivity index (χ4v) is 3.11. The molecular formula is C21H26N2O3. The number of aliphatic hydroxyl groups excluding tert-OH is 2. The first-order chi connectivity index (χ1) is 12.4. The average molecular weight is 354 g/mol. The third kappa shape index (κ3) is 3.89. The number of fused-ring (bicyclic) bond motifs is 1. The minimum Gasteiger partial charge on any atom is -0.491 e. The van der Waals surface area contributed by atoms with E-state index in [0.717, 1.165) is 22.3 Å². The van der Waals surface area contributed by atoms with Crippen LogP contribution in [-0.2, 0) is 18.6 Å². The number of nitrogens with zero attached hydrogens (tertiary/aromatic N) is 2. The van der Waals surface area contributed by atoms with Gasteiger partial charge in [-0.3, -0.25) is 0 Å². The van der Waals surface area contributed by atoms with E-state index in [9.17, 15) is 10.2 Å². The van der Waals surface area contributed by atoms with Crippen LogP contribution in [0.4, 0.5) is 0 Å². The molecule has 3 rings (SSSR count). The molecule has 2 N–H and O–H groups in total. The topological polar surface area (TPSA) is 67.5 Å². The zero-order valence-corrected chi connectivity index (χ0v) is 15.5. The summed E-state index contributed by atoms with van der Waals surface area (Å²) in [5.41, 5.74) is 2.77. The Labute approximate surface area is 153 Å². The van der Waals surface area contributed by atoms with Crippen molar-refractivity contribution < 1.29 is 14.9 Å². The van der Waals surface area contributed by atoms with Gasteiger partial charge in [0.15, 0.2) is 0 Å². The van der Waals surface area contributed by atoms with Crippen LogP contribution in [-0.4, -0.2) is 32.5 Å². The van der Waals surface area contributed by atoms with Crippen molar-refractivity contribution in [1.29, 1.82) is 0 Å². The molecule has 0 aliphatic rings. The molecule has 2 aromatic carbocycles. The fraction of sp³-hybridized carbons (Fsp3) is 0.381. The van der Waals surface area contributed by atoms with Gasteiger partial charge in [-0.2, -0.15) is 0 Å². The summed E-state index contributed by atoms with van der Waals surface area (Å²) >= 11 is 0. The molecule has 0 amide bonds. The Balaban J connectivity index is 1.74. The number of benzene rings is 2. The number of rotatable bonds is 6. The molecule has 0 fully saturated rings. The van der Waals surface area contributed by atoms with Gasteiger partial charge in [0.2, 0.25) is 0 Å². The van der Waals surface area contributed by atoms with E-state index in [-0.39, 0.29) is 18.6 Å². The lowest BCUT2D eigenvalue weighted by Crippen LogP contribution is -2.25. The molecular weight excluding hydrogens is 328 g/mol. The predicted octanol–water partition coefficient (Wildman–Crippen LogP) is 3.27. The van der Waals surface area contributed by atoms with E-state index in [2.05, 4.69) is 31.8 Å². The molecule has 0 spiro atoms. The van der Waals surface area contributed by atoms with Crippen molar-refractivity contribution in [3.05, 3.63) is 59.9 Å². The van der Waals surface area contributed by atoms with Crippen LogP contribution in [0.15, 0.2) is 48.5 Å². The molecule has 1 heterocycles. The predicted molar refractivity (Wildman–Crippen MR) is 102 cm³/mol. The second kappa shape index (κ2) is 7.48. The Kier molecular flexibility index (Phi) is 5.30. The lowest BCUT2D eigenvalue weighted by atomic mass is 9.86. The van der Waals surface area contributed by atoms with Crippen LogP contribution >= 0.6 is 0 Å². The number of ether oxygens (including phenoxy) is 1. The molecule has 0 saturated heterocycles. The maximum Gasteiger partial charge on any atom is 0.135 e. The Morgan fingerprint density at radius 3 is 2.50 bits per heavy atom. The SMILES string of the molecule is CC(C)(C)c1ccccc1OCC(O)Cn1c(CO)nc2ccccc21. The summed E-state index contributed by atoms with van der Waals surface area (Å²) in [5.74, 6) is 1.33. The largest absolute Gasteiger partial charge is 0.491 e. The normalized spacial score (nSPS) is 13.1. The molecule has 5 heteroatoms. The van der Waals surface area contributed by atoms with E-state index in [0.29, 0.717) is 12.4 Å². The fourth-order valence-electron chi connectivity index (χ4n) is 3.11. The molecule has 0 saturated carbocycles. The highest BCUT2D eigenvalue weighted by Crippen LogP contribution is 2.31. The Hall–Kier alpha value is -2.37. The van der Waals surface area contributed by atoms with Crippen LogP contribution in [0.3, 0.4) is 0 Å². The third-order valence-electron chi connectivity index (χ3n) is 4.39. The van der Waals surface area contributed by atoms with Crippen molar-refractivity contribution >= 4 is 11.0 Å². The van der Waals surface area contributed by atoms with Crippen LogP contribution in [0, 0.1) is 0 Å². The van der Waals surface area contributed by atoms with Crippen LogP contribution in [0.1, 0.15) is 32.2 Å². The Morgan fingerprint density at radius 2 is 1.77 bits per heavy atom. The summed E-state index contributed by atoms with van der Waals surface area (Å²) in [4.78, 5) is 4.41. The highest BCUT2D eigenvalue weighted by Gasteiger charge is 2.19. The first kappa shape index (κ1) is 18.4. The maximum atomic E-state index is 10.5. The minimum atomic E-state index is -0.717.